The predicted octanol–water partition coefficient (Wildman–Crippen LogP) is 5.57. The SMILES string of the molecule is CN1C(=O)c2ccc3c4cccc5c(I)ccc(c6ccc(c2c36)C1=O)c54. The van der Waals surface area contributed by atoms with Crippen molar-refractivity contribution < 1.29 is 9.59 Å². The van der Waals surface area contributed by atoms with Crippen molar-refractivity contribution in [2.24, 2.45) is 0 Å². The number of imide groups is 1. The maximum Gasteiger partial charge on any atom is 0.261 e. The summed E-state index contributed by atoms with van der Waals surface area (Å²) in [6.07, 6.45) is 0. The third-order valence-corrected chi connectivity index (χ3v) is 6.74. The van der Waals surface area contributed by atoms with Gasteiger partial charge in [0.15, 0.2) is 0 Å². The van der Waals surface area contributed by atoms with Crippen LogP contribution in [0, 0.1) is 3.57 Å². The van der Waals surface area contributed by atoms with Gasteiger partial charge in [-0.25, -0.2) is 0 Å². The molecule has 0 bridgehead atoms. The summed E-state index contributed by atoms with van der Waals surface area (Å²) < 4.78 is 1.22. The number of nitrogens with zero attached hydrogens (tertiary/aromatic N) is 1. The van der Waals surface area contributed by atoms with Gasteiger partial charge in [-0.1, -0.05) is 36.4 Å². The molecule has 5 aromatic carbocycles. The maximum atomic E-state index is 12.7. The van der Waals surface area contributed by atoms with E-state index in [-0.39, 0.29) is 11.8 Å². The average Bonchev–Trinajstić information content (AvgIpc) is 2.70. The molecule has 1 heterocycles. The number of rotatable bonds is 0. The molecule has 0 N–H and O–H groups in total. The number of hydrogen-bond acceptors (Lipinski definition) is 2. The largest absolute Gasteiger partial charge is 0.277 e. The van der Waals surface area contributed by atoms with Crippen molar-refractivity contribution >= 4 is 77.5 Å². The smallest absolute Gasteiger partial charge is 0.261 e. The maximum absolute atomic E-state index is 12.7. The van der Waals surface area contributed by atoms with Gasteiger partial charge in [-0.2, -0.15) is 0 Å². The summed E-state index contributed by atoms with van der Waals surface area (Å²) in [5, 5.41) is 8.79. The summed E-state index contributed by atoms with van der Waals surface area (Å²) in [6.45, 7) is 0. The van der Waals surface area contributed by atoms with Crippen molar-refractivity contribution in [3.63, 3.8) is 0 Å². The van der Waals surface area contributed by atoms with Crippen LogP contribution in [0.3, 0.4) is 0 Å². The fraction of sp³-hybridized carbons (Fsp3) is 0.0435. The quantitative estimate of drug-likeness (QED) is 0.131. The standard InChI is InChI=1S/C23H12INO2/c1-25-22(26)16-7-5-13-11-3-2-4-15-18(24)10-9-12(19(11)15)14-6-8-17(23(25)27)21(16)20(13)14/h2-10H,1H3. The lowest BCUT2D eigenvalue weighted by molar-refractivity contribution is 0.0651. The van der Waals surface area contributed by atoms with Gasteiger partial charge in [0.1, 0.15) is 0 Å². The van der Waals surface area contributed by atoms with Crippen molar-refractivity contribution in [1.29, 1.82) is 0 Å². The minimum Gasteiger partial charge on any atom is -0.277 e. The van der Waals surface area contributed by atoms with Crippen LogP contribution in [0.4, 0.5) is 0 Å². The Bertz CT molecular complexity index is 1410. The molecule has 27 heavy (non-hydrogen) atoms. The van der Waals surface area contributed by atoms with Gasteiger partial charge in [0.05, 0.1) is 0 Å². The van der Waals surface area contributed by atoms with Crippen molar-refractivity contribution in [2.45, 2.75) is 0 Å². The van der Waals surface area contributed by atoms with Crippen LogP contribution in [0.2, 0.25) is 0 Å². The van der Waals surface area contributed by atoms with Crippen molar-refractivity contribution in [2.75, 3.05) is 7.05 Å². The van der Waals surface area contributed by atoms with Gasteiger partial charge in [0.2, 0.25) is 0 Å². The molecule has 128 valence electrons. The molecule has 0 saturated carbocycles. The summed E-state index contributed by atoms with van der Waals surface area (Å²) in [5.74, 6) is -0.467. The van der Waals surface area contributed by atoms with Gasteiger partial charge < -0.3 is 0 Å². The van der Waals surface area contributed by atoms with E-state index in [2.05, 4.69) is 52.9 Å². The lowest BCUT2D eigenvalue weighted by Crippen LogP contribution is -2.36. The molecule has 4 heteroatoms. The molecule has 2 amide bonds. The van der Waals surface area contributed by atoms with Crippen molar-refractivity contribution in [3.8, 4) is 0 Å². The molecule has 0 radical (unpaired) electrons. The van der Waals surface area contributed by atoms with Gasteiger partial charge >= 0.3 is 0 Å². The second kappa shape index (κ2) is 4.95. The van der Waals surface area contributed by atoms with Crippen LogP contribution < -0.4 is 0 Å². The number of amides is 2. The third-order valence-electron chi connectivity index (χ3n) is 5.80. The molecule has 6 rings (SSSR count). The lowest BCUT2D eigenvalue weighted by Gasteiger charge is -2.25. The highest BCUT2D eigenvalue weighted by Crippen LogP contribution is 2.44. The highest BCUT2D eigenvalue weighted by atomic mass is 127. The molecule has 0 unspecified atom stereocenters. The topological polar surface area (TPSA) is 37.4 Å². The summed E-state index contributed by atoms with van der Waals surface area (Å²) in [5.41, 5.74) is 1.21. The molecular formula is C23H12INO2. The molecule has 3 nitrogen and oxygen atoms in total. The molecule has 5 aromatic rings. The molecule has 0 spiro atoms. The number of fused-ring (bicyclic) bond motifs is 2. The highest BCUT2D eigenvalue weighted by molar-refractivity contribution is 14.1. The first-order chi connectivity index (χ1) is 13.1. The van der Waals surface area contributed by atoms with Crippen LogP contribution in [-0.2, 0) is 0 Å². The first kappa shape index (κ1) is 15.3. The molecule has 0 aliphatic carbocycles. The Labute approximate surface area is 168 Å². The van der Waals surface area contributed by atoms with Gasteiger partial charge in [-0.05, 0) is 78.5 Å². The Balaban J connectivity index is 1.99. The normalized spacial score (nSPS) is 14.4. The fourth-order valence-corrected chi connectivity index (χ4v) is 5.20. The van der Waals surface area contributed by atoms with E-state index in [9.17, 15) is 9.59 Å². The van der Waals surface area contributed by atoms with E-state index in [4.69, 9.17) is 0 Å². The number of carbonyl (C=O) groups excluding carboxylic acids is 2. The fourth-order valence-electron chi connectivity index (χ4n) is 4.57. The Morgan fingerprint density at radius 1 is 0.630 bits per heavy atom. The number of halogens is 1. The van der Waals surface area contributed by atoms with Crippen LogP contribution in [0.5, 0.6) is 0 Å². The van der Waals surface area contributed by atoms with E-state index in [0.717, 1.165) is 32.3 Å². The van der Waals surface area contributed by atoms with E-state index >= 15 is 0 Å². The monoisotopic (exact) mass is 461 g/mol. The van der Waals surface area contributed by atoms with Gasteiger partial charge in [0.25, 0.3) is 11.8 Å². The molecular weight excluding hydrogens is 449 g/mol. The molecule has 0 atom stereocenters. The summed E-state index contributed by atoms with van der Waals surface area (Å²) in [6, 6.07) is 18.4. The Morgan fingerprint density at radius 2 is 1.15 bits per heavy atom. The number of carbonyl (C=O) groups is 2. The number of hydrogen-bond donors (Lipinski definition) is 0. The summed E-state index contributed by atoms with van der Waals surface area (Å²) in [7, 11) is 1.55. The molecule has 0 aromatic heterocycles. The molecule has 0 saturated heterocycles. The Kier molecular flexibility index (Phi) is 2.81. The van der Waals surface area contributed by atoms with E-state index in [0.29, 0.717) is 11.1 Å². The Hall–Kier alpha value is -2.73. The number of benzene rings is 5. The second-order valence-corrected chi connectivity index (χ2v) is 8.23. The van der Waals surface area contributed by atoms with Gasteiger partial charge in [-0.15, -0.1) is 0 Å². The zero-order chi connectivity index (χ0) is 18.4. The predicted molar refractivity (Wildman–Crippen MR) is 117 cm³/mol. The van der Waals surface area contributed by atoms with Crippen LogP contribution in [0.1, 0.15) is 20.7 Å². The summed E-state index contributed by atoms with van der Waals surface area (Å²) >= 11 is 2.38. The Morgan fingerprint density at radius 3 is 1.81 bits per heavy atom. The second-order valence-electron chi connectivity index (χ2n) is 7.06. The zero-order valence-electron chi connectivity index (χ0n) is 14.3. The minimum atomic E-state index is -0.234. The van der Waals surface area contributed by atoms with E-state index < -0.39 is 0 Å². The third kappa shape index (κ3) is 1.72. The van der Waals surface area contributed by atoms with E-state index in [1.165, 1.54) is 19.2 Å². The first-order valence-corrected chi connectivity index (χ1v) is 9.80. The molecule has 0 fully saturated rings. The molecule has 1 aliphatic rings. The average molecular weight is 461 g/mol. The van der Waals surface area contributed by atoms with Crippen molar-refractivity contribution in [3.05, 3.63) is 69.3 Å². The first-order valence-electron chi connectivity index (χ1n) is 8.72. The van der Waals surface area contributed by atoms with Crippen LogP contribution in [-0.4, -0.2) is 23.8 Å². The van der Waals surface area contributed by atoms with Crippen molar-refractivity contribution in [1.82, 2.24) is 4.90 Å². The van der Waals surface area contributed by atoms with Gasteiger partial charge in [0, 0.05) is 27.1 Å². The zero-order valence-corrected chi connectivity index (χ0v) is 16.5. The van der Waals surface area contributed by atoms with Crippen LogP contribution in [0.15, 0.2) is 54.6 Å². The van der Waals surface area contributed by atoms with Crippen LogP contribution >= 0.6 is 22.6 Å². The lowest BCUT2D eigenvalue weighted by atomic mass is 9.85. The minimum absolute atomic E-state index is 0.234. The van der Waals surface area contributed by atoms with E-state index in [1.54, 1.807) is 7.05 Å². The highest BCUT2D eigenvalue weighted by Gasteiger charge is 2.31. The molecule has 1 aliphatic heterocycles. The summed E-state index contributed by atoms with van der Waals surface area (Å²) in [4.78, 5) is 26.7. The van der Waals surface area contributed by atoms with E-state index in [1.807, 2.05) is 24.3 Å². The van der Waals surface area contributed by atoms with Gasteiger partial charge in [-0.3, -0.25) is 14.5 Å². The van der Waals surface area contributed by atoms with Crippen LogP contribution in [0.25, 0.3) is 43.1 Å².